The molecule has 0 radical (unpaired) electrons. The summed E-state index contributed by atoms with van der Waals surface area (Å²) >= 11 is 0. The van der Waals surface area contributed by atoms with Gasteiger partial charge in [-0.15, -0.1) is 0 Å². The largest absolute Gasteiger partial charge is 0.388 e. The van der Waals surface area contributed by atoms with Gasteiger partial charge in [-0.2, -0.15) is 8.78 Å². The van der Waals surface area contributed by atoms with E-state index in [9.17, 15) is 40.3 Å². The Morgan fingerprint density at radius 2 is 1.67 bits per heavy atom. The first-order chi connectivity index (χ1) is 13.9. The zero-order valence-corrected chi connectivity index (χ0v) is 16.4. The highest BCUT2D eigenvalue weighted by atomic mass is 32.2. The zero-order valence-electron chi connectivity index (χ0n) is 15.6. The Balaban J connectivity index is 2.20. The molecule has 1 heterocycles. The molecule has 11 heteroatoms. The maximum Gasteiger partial charge on any atom is 0.386 e. The van der Waals surface area contributed by atoms with Crippen molar-refractivity contribution in [3.05, 3.63) is 53.9 Å². The Kier molecular flexibility index (Phi) is 7.30. The van der Waals surface area contributed by atoms with Crippen molar-refractivity contribution in [1.82, 2.24) is 4.98 Å². The van der Waals surface area contributed by atoms with Crippen LogP contribution >= 0.6 is 0 Å². The number of rotatable bonds is 9. The van der Waals surface area contributed by atoms with Gasteiger partial charge in [-0.1, -0.05) is 30.3 Å². The number of Topliss-reactive ketones (excluding diaryl/α,β-unsaturated/α-hetero) is 1. The van der Waals surface area contributed by atoms with Gasteiger partial charge in [0.2, 0.25) is 9.84 Å². The molecule has 0 fully saturated rings. The molecule has 0 bridgehead atoms. The Bertz CT molecular complexity index is 979. The normalized spacial score (nSPS) is 14.5. The van der Waals surface area contributed by atoms with E-state index in [-0.39, 0.29) is 5.56 Å². The van der Waals surface area contributed by atoms with Crippen LogP contribution in [-0.2, 0) is 19.9 Å². The van der Waals surface area contributed by atoms with Gasteiger partial charge in [0, 0.05) is 30.4 Å². The highest BCUT2D eigenvalue weighted by molar-refractivity contribution is 7.91. The molecule has 5 nitrogen and oxygen atoms in total. The number of halogens is 5. The van der Waals surface area contributed by atoms with E-state index in [2.05, 4.69) is 4.98 Å². The minimum Gasteiger partial charge on any atom is -0.388 e. The van der Waals surface area contributed by atoms with Crippen LogP contribution in [0.25, 0.3) is 11.1 Å². The fourth-order valence-corrected chi connectivity index (χ4v) is 3.17. The summed E-state index contributed by atoms with van der Waals surface area (Å²) in [4.78, 5) is 14.6. The maximum absolute atomic E-state index is 13.8. The van der Waals surface area contributed by atoms with Crippen LogP contribution in [0.4, 0.5) is 22.0 Å². The second-order valence-electron chi connectivity index (χ2n) is 6.67. The highest BCUT2D eigenvalue weighted by Crippen LogP contribution is 2.33. The van der Waals surface area contributed by atoms with Crippen LogP contribution in [0.1, 0.15) is 23.8 Å². The molecule has 0 aliphatic carbocycles. The van der Waals surface area contributed by atoms with Gasteiger partial charge in [-0.25, -0.2) is 17.2 Å². The van der Waals surface area contributed by atoms with Crippen LogP contribution < -0.4 is 0 Å². The third kappa shape index (κ3) is 5.20. The van der Waals surface area contributed by atoms with E-state index in [0.717, 1.165) is 12.3 Å². The van der Waals surface area contributed by atoms with E-state index in [0.29, 0.717) is 17.4 Å². The number of sulfone groups is 1. The standard InChI is InChI=1S/C19H18F5NO4S/c1-30(28,29)19(23,24)16-7-6-13(10-25-16)11-2-4-12(5-3-11)17(27)14(9-20)8-15(26)18(21)22/h2-7,10,14,17-18,27H,8-9H2,1H3/t14-,17-/m1/s1. The Hall–Kier alpha value is -2.40. The van der Waals surface area contributed by atoms with Gasteiger partial charge in [0.25, 0.3) is 6.43 Å². The topological polar surface area (TPSA) is 84.3 Å². The lowest BCUT2D eigenvalue weighted by atomic mass is 9.91. The van der Waals surface area contributed by atoms with Gasteiger partial charge >= 0.3 is 5.25 Å². The van der Waals surface area contributed by atoms with Crippen molar-refractivity contribution in [3.63, 3.8) is 0 Å². The third-order valence-corrected chi connectivity index (χ3v) is 5.60. The van der Waals surface area contributed by atoms with Crippen molar-refractivity contribution in [2.75, 3.05) is 12.9 Å². The van der Waals surface area contributed by atoms with E-state index in [1.165, 1.54) is 30.3 Å². The van der Waals surface area contributed by atoms with E-state index < -0.39 is 58.1 Å². The number of alkyl halides is 5. The number of benzene rings is 1. The van der Waals surface area contributed by atoms with Gasteiger partial charge < -0.3 is 5.11 Å². The third-order valence-electron chi connectivity index (χ3n) is 4.46. The van der Waals surface area contributed by atoms with E-state index in [4.69, 9.17) is 0 Å². The van der Waals surface area contributed by atoms with Gasteiger partial charge in [-0.3, -0.25) is 14.2 Å². The molecule has 0 aliphatic rings. The Morgan fingerprint density at radius 3 is 2.10 bits per heavy atom. The summed E-state index contributed by atoms with van der Waals surface area (Å²) in [5.74, 6) is -2.80. The summed E-state index contributed by atoms with van der Waals surface area (Å²) in [7, 11) is -4.70. The Morgan fingerprint density at radius 1 is 1.10 bits per heavy atom. The SMILES string of the molecule is CS(=O)(=O)C(F)(F)c1ccc(-c2ccc([C@@H](O)[C@@H](CF)CC(=O)C(F)F)cc2)cn1. The van der Waals surface area contributed by atoms with Crippen LogP contribution in [0.5, 0.6) is 0 Å². The quantitative estimate of drug-likeness (QED) is 0.588. The number of ketones is 1. The van der Waals surface area contributed by atoms with Crippen LogP contribution in [0.2, 0.25) is 0 Å². The predicted molar refractivity (Wildman–Crippen MR) is 98.5 cm³/mol. The molecule has 0 aliphatic heterocycles. The molecule has 0 saturated heterocycles. The smallest absolute Gasteiger partial charge is 0.386 e. The molecule has 0 saturated carbocycles. The number of pyridine rings is 1. The van der Waals surface area contributed by atoms with Gasteiger partial charge in [0.05, 0.1) is 12.8 Å². The summed E-state index contributed by atoms with van der Waals surface area (Å²) in [5, 5.41) is 6.04. The van der Waals surface area contributed by atoms with Crippen molar-refractivity contribution in [2.45, 2.75) is 24.2 Å². The second kappa shape index (κ2) is 9.17. The molecule has 1 aromatic heterocycles. The maximum atomic E-state index is 13.8. The summed E-state index contributed by atoms with van der Waals surface area (Å²) in [5.41, 5.74) is 0.0686. The second-order valence-corrected chi connectivity index (χ2v) is 8.73. The van der Waals surface area contributed by atoms with E-state index in [1.54, 1.807) is 0 Å². The lowest BCUT2D eigenvalue weighted by Crippen LogP contribution is -2.26. The molecule has 0 spiro atoms. The summed E-state index contributed by atoms with van der Waals surface area (Å²) in [6.07, 6.45) is -4.13. The molecule has 164 valence electrons. The lowest BCUT2D eigenvalue weighted by molar-refractivity contribution is -0.131. The number of aromatic nitrogens is 1. The molecule has 1 aromatic carbocycles. The fourth-order valence-electron chi connectivity index (χ4n) is 2.67. The summed E-state index contributed by atoms with van der Waals surface area (Å²) in [6.45, 7) is -1.18. The number of carbonyl (C=O) groups excluding carboxylic acids is 1. The predicted octanol–water partition coefficient (Wildman–Crippen LogP) is 3.69. The van der Waals surface area contributed by atoms with Gasteiger partial charge in [0.15, 0.2) is 5.78 Å². The first-order valence-electron chi connectivity index (χ1n) is 8.57. The van der Waals surface area contributed by atoms with Crippen LogP contribution in [0.15, 0.2) is 42.6 Å². The minimum atomic E-state index is -4.70. The first kappa shape index (κ1) is 23.9. The molecule has 0 amide bonds. The van der Waals surface area contributed by atoms with Crippen molar-refractivity contribution in [3.8, 4) is 11.1 Å². The summed E-state index contributed by atoms with van der Waals surface area (Å²) in [6, 6.07) is 7.75. The van der Waals surface area contributed by atoms with Crippen molar-refractivity contribution in [1.29, 1.82) is 0 Å². The monoisotopic (exact) mass is 451 g/mol. The van der Waals surface area contributed by atoms with Gasteiger partial charge in [0.1, 0.15) is 5.69 Å². The average molecular weight is 451 g/mol. The number of hydrogen-bond donors (Lipinski definition) is 1. The van der Waals surface area contributed by atoms with Gasteiger partial charge in [-0.05, 0) is 17.2 Å². The molecule has 2 aromatic rings. The van der Waals surface area contributed by atoms with Crippen molar-refractivity contribution < 1.29 is 40.3 Å². The first-order valence-corrected chi connectivity index (χ1v) is 10.5. The molecule has 2 atom stereocenters. The van der Waals surface area contributed by atoms with E-state index >= 15 is 0 Å². The highest BCUT2D eigenvalue weighted by Gasteiger charge is 2.44. The number of aliphatic hydroxyl groups is 1. The minimum absolute atomic E-state index is 0.177. The number of aliphatic hydroxyl groups excluding tert-OH is 1. The molecule has 2 rings (SSSR count). The van der Waals surface area contributed by atoms with Crippen LogP contribution in [0, 0.1) is 5.92 Å². The zero-order chi connectivity index (χ0) is 22.7. The number of hydrogen-bond acceptors (Lipinski definition) is 5. The molecule has 1 N–H and O–H groups in total. The molecule has 30 heavy (non-hydrogen) atoms. The molecule has 0 unspecified atom stereocenters. The van der Waals surface area contributed by atoms with Crippen molar-refractivity contribution >= 4 is 15.6 Å². The molecular formula is C19H18F5NO4S. The average Bonchev–Trinajstić information content (AvgIpc) is 2.70. The fraction of sp³-hybridized carbons (Fsp3) is 0.368. The van der Waals surface area contributed by atoms with E-state index in [1.807, 2.05) is 0 Å². The Labute approximate surface area is 169 Å². The number of carbonyl (C=O) groups is 1. The van der Waals surface area contributed by atoms with Crippen molar-refractivity contribution in [2.24, 2.45) is 5.92 Å². The van der Waals surface area contributed by atoms with Crippen LogP contribution in [-0.4, -0.2) is 43.6 Å². The lowest BCUT2D eigenvalue weighted by Gasteiger charge is -2.20. The van der Waals surface area contributed by atoms with Crippen LogP contribution in [0.3, 0.4) is 0 Å². The summed E-state index contributed by atoms with van der Waals surface area (Å²) < 4.78 is 87.8. The number of nitrogens with zero attached hydrogens (tertiary/aromatic N) is 1. The molecular weight excluding hydrogens is 433 g/mol.